The van der Waals surface area contributed by atoms with E-state index >= 15 is 0 Å². The first-order chi connectivity index (χ1) is 8.43. The second kappa shape index (κ2) is 7.06. The first-order valence-corrected chi connectivity index (χ1v) is 7.76. The maximum atomic E-state index is 11.8. The van der Waals surface area contributed by atoms with Crippen molar-refractivity contribution >= 4 is 16.0 Å². The second-order valence-corrected chi connectivity index (χ2v) is 6.39. The van der Waals surface area contributed by atoms with E-state index in [2.05, 4.69) is 9.46 Å². The lowest BCUT2D eigenvalue weighted by Gasteiger charge is -2.27. The van der Waals surface area contributed by atoms with Crippen LogP contribution in [0.1, 0.15) is 32.6 Å². The standard InChI is InChI=1S/C11H21NO5S/c1-9-8-10(5-6-17-9)12-18(14,15)7-3-4-11(13)16-2/h9-10,12H,3-8H2,1-2H3. The van der Waals surface area contributed by atoms with Crippen LogP contribution >= 0.6 is 0 Å². The molecule has 106 valence electrons. The fourth-order valence-corrected chi connectivity index (χ4v) is 3.29. The Morgan fingerprint density at radius 1 is 1.50 bits per heavy atom. The van der Waals surface area contributed by atoms with E-state index in [1.807, 2.05) is 6.92 Å². The quantitative estimate of drug-likeness (QED) is 0.713. The summed E-state index contributed by atoms with van der Waals surface area (Å²) < 4.78 is 36.0. The number of sulfonamides is 1. The summed E-state index contributed by atoms with van der Waals surface area (Å²) in [4.78, 5) is 10.9. The minimum atomic E-state index is -3.32. The highest BCUT2D eigenvalue weighted by Crippen LogP contribution is 2.14. The summed E-state index contributed by atoms with van der Waals surface area (Å²) in [6.45, 7) is 2.51. The molecule has 1 N–H and O–H groups in total. The van der Waals surface area contributed by atoms with Gasteiger partial charge in [-0.15, -0.1) is 0 Å². The van der Waals surface area contributed by atoms with Crippen molar-refractivity contribution in [2.24, 2.45) is 0 Å². The van der Waals surface area contributed by atoms with Crippen LogP contribution in [-0.2, 0) is 24.3 Å². The van der Waals surface area contributed by atoms with E-state index in [9.17, 15) is 13.2 Å². The molecule has 2 unspecified atom stereocenters. The van der Waals surface area contributed by atoms with Gasteiger partial charge in [-0.2, -0.15) is 0 Å². The molecule has 0 bridgehead atoms. The van der Waals surface area contributed by atoms with Crippen molar-refractivity contribution in [3.8, 4) is 0 Å². The van der Waals surface area contributed by atoms with Gasteiger partial charge in [-0.25, -0.2) is 13.1 Å². The van der Waals surface area contributed by atoms with Crippen molar-refractivity contribution < 1.29 is 22.7 Å². The highest BCUT2D eigenvalue weighted by molar-refractivity contribution is 7.89. The van der Waals surface area contributed by atoms with Crippen LogP contribution in [0.2, 0.25) is 0 Å². The van der Waals surface area contributed by atoms with Gasteiger partial charge >= 0.3 is 5.97 Å². The molecule has 0 spiro atoms. The third kappa shape index (κ3) is 5.79. The monoisotopic (exact) mass is 279 g/mol. The van der Waals surface area contributed by atoms with E-state index in [-0.39, 0.29) is 36.7 Å². The van der Waals surface area contributed by atoms with Gasteiger partial charge in [-0.1, -0.05) is 0 Å². The van der Waals surface area contributed by atoms with Gasteiger partial charge in [-0.05, 0) is 26.2 Å². The van der Waals surface area contributed by atoms with Crippen molar-refractivity contribution in [2.75, 3.05) is 19.5 Å². The molecule has 6 nitrogen and oxygen atoms in total. The number of ether oxygens (including phenoxy) is 2. The SMILES string of the molecule is COC(=O)CCCS(=O)(=O)NC1CCOC(C)C1. The molecule has 0 aromatic carbocycles. The van der Waals surface area contributed by atoms with Gasteiger partial charge in [0.1, 0.15) is 0 Å². The Kier molecular flexibility index (Phi) is 6.04. The van der Waals surface area contributed by atoms with Crippen LogP contribution in [0.15, 0.2) is 0 Å². The topological polar surface area (TPSA) is 81.7 Å². The molecule has 0 aromatic heterocycles. The predicted octanol–water partition coefficient (Wildman–Crippen LogP) is 0.427. The van der Waals surface area contributed by atoms with Gasteiger partial charge in [0.25, 0.3) is 0 Å². The van der Waals surface area contributed by atoms with Gasteiger partial charge in [0.2, 0.25) is 10.0 Å². The molecule has 2 atom stereocenters. The Balaban J connectivity index is 2.32. The van der Waals surface area contributed by atoms with E-state index in [1.165, 1.54) is 7.11 Å². The van der Waals surface area contributed by atoms with Crippen LogP contribution in [0, 0.1) is 0 Å². The van der Waals surface area contributed by atoms with E-state index in [4.69, 9.17) is 4.74 Å². The summed E-state index contributed by atoms with van der Waals surface area (Å²) in [6.07, 6.45) is 1.88. The number of carbonyl (C=O) groups is 1. The highest BCUT2D eigenvalue weighted by atomic mass is 32.2. The smallest absolute Gasteiger partial charge is 0.305 e. The van der Waals surface area contributed by atoms with Crippen LogP contribution in [0.4, 0.5) is 0 Å². The first-order valence-electron chi connectivity index (χ1n) is 6.11. The van der Waals surface area contributed by atoms with Crippen LogP contribution in [0.3, 0.4) is 0 Å². The van der Waals surface area contributed by atoms with E-state index in [0.29, 0.717) is 19.4 Å². The number of hydrogen-bond donors (Lipinski definition) is 1. The molecule has 1 aliphatic heterocycles. The van der Waals surface area contributed by atoms with Gasteiger partial charge in [0, 0.05) is 19.1 Å². The molecule has 1 rings (SSSR count). The third-order valence-electron chi connectivity index (χ3n) is 2.85. The largest absolute Gasteiger partial charge is 0.469 e. The Bertz CT molecular complexity index is 368. The van der Waals surface area contributed by atoms with Gasteiger partial charge in [0.15, 0.2) is 0 Å². The highest BCUT2D eigenvalue weighted by Gasteiger charge is 2.23. The number of carbonyl (C=O) groups excluding carboxylic acids is 1. The summed E-state index contributed by atoms with van der Waals surface area (Å²) in [5, 5.41) is 0. The average Bonchev–Trinajstić information content (AvgIpc) is 2.27. The van der Waals surface area contributed by atoms with Gasteiger partial charge in [0.05, 0.1) is 19.0 Å². The fraction of sp³-hybridized carbons (Fsp3) is 0.909. The number of hydrogen-bond acceptors (Lipinski definition) is 5. The lowest BCUT2D eigenvalue weighted by atomic mass is 10.1. The van der Waals surface area contributed by atoms with Gasteiger partial charge in [-0.3, -0.25) is 4.79 Å². The Labute approximate surface area is 108 Å². The molecule has 0 aromatic rings. The first kappa shape index (κ1) is 15.4. The Hall–Kier alpha value is -0.660. The molecular weight excluding hydrogens is 258 g/mol. The number of nitrogens with one attached hydrogen (secondary N) is 1. The predicted molar refractivity (Wildman–Crippen MR) is 66.6 cm³/mol. The van der Waals surface area contributed by atoms with Crippen LogP contribution in [-0.4, -0.2) is 46.0 Å². The second-order valence-electron chi connectivity index (χ2n) is 4.52. The maximum Gasteiger partial charge on any atom is 0.305 e. The summed E-state index contributed by atoms with van der Waals surface area (Å²) in [5.41, 5.74) is 0. The molecule has 1 aliphatic rings. The summed E-state index contributed by atoms with van der Waals surface area (Å²) in [7, 11) is -2.03. The molecule has 1 heterocycles. The zero-order valence-electron chi connectivity index (χ0n) is 10.8. The molecule has 0 aliphatic carbocycles. The molecule has 7 heteroatoms. The molecule has 1 fully saturated rings. The molecule has 1 saturated heterocycles. The number of rotatable bonds is 6. The summed E-state index contributed by atoms with van der Waals surface area (Å²) in [6, 6.07) is -0.0584. The zero-order chi connectivity index (χ0) is 13.6. The molecule has 0 amide bonds. The third-order valence-corrected chi connectivity index (χ3v) is 4.37. The summed E-state index contributed by atoms with van der Waals surface area (Å²) >= 11 is 0. The van der Waals surface area contributed by atoms with Crippen molar-refractivity contribution in [3.05, 3.63) is 0 Å². The normalized spacial score (nSPS) is 24.8. The Morgan fingerprint density at radius 2 is 2.22 bits per heavy atom. The van der Waals surface area contributed by atoms with Crippen LogP contribution < -0.4 is 4.72 Å². The number of methoxy groups -OCH3 is 1. The fourth-order valence-electron chi connectivity index (χ4n) is 1.93. The minimum absolute atomic E-state index is 0.0478. The molecule has 0 radical (unpaired) electrons. The van der Waals surface area contributed by atoms with Crippen molar-refractivity contribution in [2.45, 2.75) is 44.8 Å². The van der Waals surface area contributed by atoms with Crippen molar-refractivity contribution in [1.29, 1.82) is 0 Å². The van der Waals surface area contributed by atoms with Crippen molar-refractivity contribution in [3.63, 3.8) is 0 Å². The average molecular weight is 279 g/mol. The van der Waals surface area contributed by atoms with Crippen molar-refractivity contribution in [1.82, 2.24) is 4.72 Å². The van der Waals surface area contributed by atoms with E-state index in [0.717, 1.165) is 0 Å². The molecule has 18 heavy (non-hydrogen) atoms. The minimum Gasteiger partial charge on any atom is -0.469 e. The lowest BCUT2D eigenvalue weighted by molar-refractivity contribution is -0.140. The summed E-state index contributed by atoms with van der Waals surface area (Å²) in [5.74, 6) is -0.432. The molecular formula is C11H21NO5S. The van der Waals surface area contributed by atoms with Crippen LogP contribution in [0.25, 0.3) is 0 Å². The lowest BCUT2D eigenvalue weighted by Crippen LogP contribution is -2.42. The van der Waals surface area contributed by atoms with Gasteiger partial charge < -0.3 is 9.47 Å². The maximum absolute atomic E-state index is 11.8. The van der Waals surface area contributed by atoms with E-state index in [1.54, 1.807) is 0 Å². The van der Waals surface area contributed by atoms with Crippen LogP contribution in [0.5, 0.6) is 0 Å². The van der Waals surface area contributed by atoms with E-state index < -0.39 is 10.0 Å². The zero-order valence-corrected chi connectivity index (χ0v) is 11.7. The Morgan fingerprint density at radius 3 is 2.83 bits per heavy atom. The molecule has 0 saturated carbocycles. The number of esters is 1.